The summed E-state index contributed by atoms with van der Waals surface area (Å²) in [5, 5.41) is 59.8. The number of ether oxygens (including phenoxy) is 6. The van der Waals surface area contributed by atoms with Gasteiger partial charge in [0.2, 0.25) is 0 Å². The van der Waals surface area contributed by atoms with Gasteiger partial charge in [-0.25, -0.2) is 0 Å². The molecule has 0 aromatic heterocycles. The maximum absolute atomic E-state index is 10.8. The summed E-state index contributed by atoms with van der Waals surface area (Å²) in [7, 11) is 0. The third-order valence-corrected chi connectivity index (χ3v) is 5.17. The number of carbonyl (C=O) groups excluding carboxylic acids is 1. The minimum Gasteiger partial charge on any atom is -0.466 e. The maximum Gasteiger partial charge on any atom is 0.302 e. The zero-order valence-corrected chi connectivity index (χ0v) is 16.2. The van der Waals surface area contributed by atoms with Crippen molar-refractivity contribution in [2.45, 2.75) is 81.0 Å². The SMILES string of the molecule is CC(=O)OCCC1OC[C@H]2O[C@H](O[C@H]3O[C@H](CO)[C@@H](O)[C@H](O)[C@H]3O)[C@H](O)[C@@H](O)[C@@H]2O1. The van der Waals surface area contributed by atoms with E-state index in [0.29, 0.717) is 0 Å². The number of fused-ring (bicyclic) bond motifs is 1. The van der Waals surface area contributed by atoms with E-state index < -0.39 is 80.3 Å². The van der Waals surface area contributed by atoms with Crippen molar-refractivity contribution in [2.24, 2.45) is 0 Å². The van der Waals surface area contributed by atoms with E-state index in [4.69, 9.17) is 28.4 Å². The van der Waals surface area contributed by atoms with E-state index >= 15 is 0 Å². The molecule has 30 heavy (non-hydrogen) atoms. The average molecular weight is 440 g/mol. The molecule has 1 unspecified atom stereocenters. The third-order valence-electron chi connectivity index (χ3n) is 5.17. The lowest BCUT2D eigenvalue weighted by Gasteiger charge is -2.48. The number of esters is 1. The topological polar surface area (TPSA) is 194 Å². The van der Waals surface area contributed by atoms with E-state index in [1.54, 1.807) is 0 Å². The summed E-state index contributed by atoms with van der Waals surface area (Å²) < 4.78 is 32.1. The molecule has 0 amide bonds. The Morgan fingerprint density at radius 2 is 1.60 bits per heavy atom. The molecule has 3 aliphatic rings. The highest BCUT2D eigenvalue weighted by atomic mass is 16.8. The van der Waals surface area contributed by atoms with Crippen LogP contribution in [0.4, 0.5) is 0 Å². The summed E-state index contributed by atoms with van der Waals surface area (Å²) in [6, 6.07) is 0. The molecule has 0 aromatic carbocycles. The van der Waals surface area contributed by atoms with Crippen molar-refractivity contribution < 1.29 is 63.9 Å². The summed E-state index contributed by atoms with van der Waals surface area (Å²) in [6.45, 7) is 0.652. The zero-order chi connectivity index (χ0) is 22.0. The van der Waals surface area contributed by atoms with Crippen LogP contribution in [0.1, 0.15) is 13.3 Å². The van der Waals surface area contributed by atoms with Crippen LogP contribution in [0.15, 0.2) is 0 Å². The van der Waals surface area contributed by atoms with E-state index in [1.807, 2.05) is 0 Å². The van der Waals surface area contributed by atoms with E-state index in [0.717, 1.165) is 0 Å². The van der Waals surface area contributed by atoms with Crippen molar-refractivity contribution in [2.75, 3.05) is 19.8 Å². The van der Waals surface area contributed by atoms with Crippen LogP contribution >= 0.6 is 0 Å². The van der Waals surface area contributed by atoms with Crippen LogP contribution in [0, 0.1) is 0 Å². The van der Waals surface area contributed by atoms with Crippen molar-refractivity contribution >= 4 is 5.97 Å². The van der Waals surface area contributed by atoms with Crippen LogP contribution in [0.2, 0.25) is 0 Å². The molecule has 0 spiro atoms. The second-order valence-corrected chi connectivity index (χ2v) is 7.35. The van der Waals surface area contributed by atoms with E-state index in [-0.39, 0.29) is 19.6 Å². The average Bonchev–Trinajstić information content (AvgIpc) is 2.72. The van der Waals surface area contributed by atoms with Crippen LogP contribution in [-0.2, 0) is 33.2 Å². The number of rotatable bonds is 6. The molecule has 3 fully saturated rings. The number of hydrogen-bond acceptors (Lipinski definition) is 13. The second-order valence-electron chi connectivity index (χ2n) is 7.35. The Kier molecular flexibility index (Phi) is 7.97. The van der Waals surface area contributed by atoms with E-state index in [1.165, 1.54) is 6.92 Å². The van der Waals surface area contributed by atoms with Gasteiger partial charge in [-0.3, -0.25) is 4.79 Å². The fourth-order valence-electron chi connectivity index (χ4n) is 3.50. The predicted molar refractivity (Wildman–Crippen MR) is 91.4 cm³/mol. The van der Waals surface area contributed by atoms with Gasteiger partial charge in [-0.1, -0.05) is 0 Å². The molecule has 0 saturated carbocycles. The fraction of sp³-hybridized carbons (Fsp3) is 0.941. The standard InChI is InChI=1S/C17H28O13/c1-6(19)25-3-2-9-26-5-8-15(29-9)12(22)14(24)17(28-8)30-16-13(23)11(21)10(20)7(4-18)27-16/h7-18,20-24H,2-5H2,1H3/t7-,8-,9?,10-,11+,12-,13-,14-,15-,16-,17-/m1/s1. The number of hydrogen-bond donors (Lipinski definition) is 6. The molecule has 11 atom stereocenters. The first-order valence-electron chi connectivity index (χ1n) is 9.61. The maximum atomic E-state index is 10.8. The molecule has 3 heterocycles. The second kappa shape index (κ2) is 10.1. The fourth-order valence-corrected chi connectivity index (χ4v) is 3.50. The van der Waals surface area contributed by atoms with Gasteiger partial charge >= 0.3 is 5.97 Å². The summed E-state index contributed by atoms with van der Waals surface area (Å²) in [4.78, 5) is 10.8. The normalized spacial score (nSPS) is 46.8. The van der Waals surface area contributed by atoms with Crippen LogP contribution in [0.3, 0.4) is 0 Å². The van der Waals surface area contributed by atoms with Crippen molar-refractivity contribution in [3.63, 3.8) is 0 Å². The van der Waals surface area contributed by atoms with Gasteiger partial charge < -0.3 is 59.1 Å². The highest BCUT2D eigenvalue weighted by Crippen LogP contribution is 2.32. The molecule has 3 rings (SSSR count). The van der Waals surface area contributed by atoms with Crippen LogP contribution in [-0.4, -0.2) is 124 Å². The lowest BCUT2D eigenvalue weighted by atomic mass is 9.97. The van der Waals surface area contributed by atoms with Crippen LogP contribution in [0.25, 0.3) is 0 Å². The first-order chi connectivity index (χ1) is 14.2. The van der Waals surface area contributed by atoms with E-state index in [2.05, 4.69) is 0 Å². The lowest BCUT2D eigenvalue weighted by Crippen LogP contribution is -2.65. The molecule has 13 nitrogen and oxygen atoms in total. The van der Waals surface area contributed by atoms with Crippen LogP contribution in [0.5, 0.6) is 0 Å². The molecular weight excluding hydrogens is 412 g/mol. The van der Waals surface area contributed by atoms with Gasteiger partial charge in [-0.05, 0) is 0 Å². The molecule has 0 aliphatic carbocycles. The molecule has 6 N–H and O–H groups in total. The van der Waals surface area contributed by atoms with Gasteiger partial charge in [0.05, 0.1) is 19.8 Å². The van der Waals surface area contributed by atoms with E-state index in [9.17, 15) is 35.4 Å². The molecule has 0 bridgehead atoms. The Balaban J connectivity index is 1.58. The first kappa shape index (κ1) is 23.7. The monoisotopic (exact) mass is 440 g/mol. The summed E-state index contributed by atoms with van der Waals surface area (Å²) in [5.74, 6) is -0.451. The Bertz CT molecular complexity index is 572. The molecule has 0 radical (unpaired) electrons. The van der Waals surface area contributed by atoms with Crippen molar-refractivity contribution in [1.29, 1.82) is 0 Å². The predicted octanol–water partition coefficient (Wildman–Crippen LogP) is -4.06. The van der Waals surface area contributed by atoms with Gasteiger partial charge in [-0.2, -0.15) is 0 Å². The zero-order valence-electron chi connectivity index (χ0n) is 16.2. The number of carbonyl (C=O) groups is 1. The quantitative estimate of drug-likeness (QED) is 0.219. The molecule has 13 heteroatoms. The van der Waals surface area contributed by atoms with Gasteiger partial charge in [-0.15, -0.1) is 0 Å². The van der Waals surface area contributed by atoms with Gasteiger partial charge in [0.15, 0.2) is 18.9 Å². The highest BCUT2D eigenvalue weighted by Gasteiger charge is 2.52. The number of aliphatic hydroxyl groups excluding tert-OH is 6. The molecule has 0 aromatic rings. The summed E-state index contributed by atoms with van der Waals surface area (Å²) in [5.41, 5.74) is 0. The van der Waals surface area contributed by atoms with Crippen molar-refractivity contribution in [1.82, 2.24) is 0 Å². The summed E-state index contributed by atoms with van der Waals surface area (Å²) >= 11 is 0. The molecule has 3 saturated heterocycles. The molecular formula is C17H28O13. The number of aliphatic hydroxyl groups is 6. The van der Waals surface area contributed by atoms with Crippen molar-refractivity contribution in [3.05, 3.63) is 0 Å². The highest BCUT2D eigenvalue weighted by molar-refractivity contribution is 5.65. The molecule has 174 valence electrons. The Morgan fingerprint density at radius 3 is 2.27 bits per heavy atom. The van der Waals surface area contributed by atoms with Crippen molar-refractivity contribution in [3.8, 4) is 0 Å². The summed E-state index contributed by atoms with van der Waals surface area (Å²) in [6.07, 6.45) is -14.6. The van der Waals surface area contributed by atoms with Gasteiger partial charge in [0, 0.05) is 13.3 Å². The minimum absolute atomic E-state index is 0.0201. The third kappa shape index (κ3) is 5.08. The Labute approximate surface area is 171 Å². The minimum atomic E-state index is -1.70. The molecule has 3 aliphatic heterocycles. The van der Waals surface area contributed by atoms with Gasteiger partial charge in [0.25, 0.3) is 0 Å². The lowest BCUT2D eigenvalue weighted by molar-refractivity contribution is -0.398. The van der Waals surface area contributed by atoms with Crippen LogP contribution < -0.4 is 0 Å². The Morgan fingerprint density at radius 1 is 0.933 bits per heavy atom. The largest absolute Gasteiger partial charge is 0.466 e. The Hall–Kier alpha value is -0.970. The van der Waals surface area contributed by atoms with Gasteiger partial charge in [0.1, 0.15) is 48.8 Å². The first-order valence-corrected chi connectivity index (χ1v) is 9.61. The smallest absolute Gasteiger partial charge is 0.302 e.